The molecule has 0 saturated heterocycles. The molecule has 0 spiro atoms. The third kappa shape index (κ3) is 6.58. The molecule has 3 rings (SSSR count). The van der Waals surface area contributed by atoms with Crippen LogP contribution in [0.2, 0.25) is 0 Å². The Morgan fingerprint density at radius 1 is 1.07 bits per heavy atom. The predicted molar refractivity (Wildman–Crippen MR) is 145 cm³/mol. The van der Waals surface area contributed by atoms with Gasteiger partial charge in [-0.15, -0.1) is 10.2 Å². The summed E-state index contributed by atoms with van der Waals surface area (Å²) in [6, 6.07) is 4.43. The number of hydrogen-bond acceptors (Lipinski definition) is 10. The van der Waals surface area contributed by atoms with E-state index in [1.807, 2.05) is 46.8 Å². The molecule has 2 N–H and O–H groups in total. The second kappa shape index (κ2) is 11.8. The van der Waals surface area contributed by atoms with E-state index in [2.05, 4.69) is 35.5 Å². The minimum atomic E-state index is -1.02. The molecule has 40 heavy (non-hydrogen) atoms. The maximum Gasteiger partial charge on any atom is 0.411 e. The van der Waals surface area contributed by atoms with Crippen LogP contribution in [0, 0.1) is 5.92 Å². The molecule has 0 fully saturated rings. The SMILES string of the molecule is COC(=O)Nc1cnc(C(C)(C)C)n(CC(=O)N[C@H](C(=O)c2nnc(C(C)(C)c3ccccn3)o2)C(C)C)c1=O. The molecule has 0 radical (unpaired) electrons. The molecule has 3 aromatic heterocycles. The van der Waals surface area contributed by atoms with E-state index in [0.29, 0.717) is 11.5 Å². The van der Waals surface area contributed by atoms with E-state index >= 15 is 0 Å². The Morgan fingerprint density at radius 3 is 2.35 bits per heavy atom. The third-order valence-corrected chi connectivity index (χ3v) is 6.18. The average Bonchev–Trinajstić information content (AvgIpc) is 3.40. The molecule has 0 aliphatic heterocycles. The number of carbonyl (C=O) groups excluding carboxylic acids is 3. The van der Waals surface area contributed by atoms with Crippen LogP contribution in [0.3, 0.4) is 0 Å². The summed E-state index contributed by atoms with van der Waals surface area (Å²) in [7, 11) is 1.16. The number of hydrogen-bond donors (Lipinski definition) is 2. The number of Topliss-reactive ketones (excluding diaryl/α,β-unsaturated/α-hetero) is 1. The number of amides is 2. The van der Waals surface area contributed by atoms with Crippen LogP contribution in [0.4, 0.5) is 10.5 Å². The van der Waals surface area contributed by atoms with Crippen LogP contribution in [-0.2, 0) is 26.9 Å². The lowest BCUT2D eigenvalue weighted by atomic mass is 9.89. The Bertz CT molecular complexity index is 1440. The molecule has 0 unspecified atom stereocenters. The first-order chi connectivity index (χ1) is 18.7. The van der Waals surface area contributed by atoms with Crippen LogP contribution in [0.25, 0.3) is 0 Å². The fraction of sp³-hybridized carbons (Fsp3) is 0.481. The van der Waals surface area contributed by atoms with Gasteiger partial charge in [0.1, 0.15) is 18.1 Å². The van der Waals surface area contributed by atoms with Crippen molar-refractivity contribution in [2.24, 2.45) is 5.92 Å². The van der Waals surface area contributed by atoms with E-state index in [4.69, 9.17) is 4.42 Å². The number of carbonyl (C=O) groups is 3. The number of anilines is 1. The molecule has 2 amide bonds. The van der Waals surface area contributed by atoms with Gasteiger partial charge in [0.15, 0.2) is 0 Å². The normalized spacial score (nSPS) is 12.6. The van der Waals surface area contributed by atoms with E-state index in [9.17, 15) is 19.2 Å². The minimum absolute atomic E-state index is 0.155. The molecule has 1 atom stereocenters. The number of pyridine rings is 1. The van der Waals surface area contributed by atoms with E-state index in [0.717, 1.165) is 11.7 Å². The van der Waals surface area contributed by atoms with Gasteiger partial charge in [-0.2, -0.15) is 0 Å². The average molecular weight is 554 g/mol. The summed E-state index contributed by atoms with van der Waals surface area (Å²) in [5.41, 5.74) is -1.49. The van der Waals surface area contributed by atoms with E-state index in [1.54, 1.807) is 26.1 Å². The highest BCUT2D eigenvalue weighted by Crippen LogP contribution is 2.29. The van der Waals surface area contributed by atoms with Crippen LogP contribution in [0.15, 0.2) is 39.8 Å². The van der Waals surface area contributed by atoms with Gasteiger partial charge in [-0.3, -0.25) is 29.3 Å². The van der Waals surface area contributed by atoms with Gasteiger partial charge in [0.05, 0.1) is 30.5 Å². The summed E-state index contributed by atoms with van der Waals surface area (Å²) in [4.78, 5) is 60.1. The van der Waals surface area contributed by atoms with Crippen LogP contribution >= 0.6 is 0 Å². The van der Waals surface area contributed by atoms with Crippen LogP contribution in [0.5, 0.6) is 0 Å². The molecule has 3 heterocycles. The zero-order chi connectivity index (χ0) is 29.8. The second-order valence-electron chi connectivity index (χ2n) is 11.2. The monoisotopic (exact) mass is 553 g/mol. The van der Waals surface area contributed by atoms with Crippen molar-refractivity contribution < 1.29 is 23.5 Å². The van der Waals surface area contributed by atoms with Crippen molar-refractivity contribution in [3.63, 3.8) is 0 Å². The zero-order valence-corrected chi connectivity index (χ0v) is 23.9. The van der Waals surface area contributed by atoms with Gasteiger partial charge in [0.2, 0.25) is 17.6 Å². The molecule has 0 aromatic carbocycles. The predicted octanol–water partition coefficient (Wildman–Crippen LogP) is 2.85. The first-order valence-electron chi connectivity index (χ1n) is 12.7. The van der Waals surface area contributed by atoms with Gasteiger partial charge in [0, 0.05) is 11.6 Å². The highest BCUT2D eigenvalue weighted by atomic mass is 16.5. The lowest BCUT2D eigenvalue weighted by Crippen LogP contribution is -2.47. The number of rotatable bonds is 9. The van der Waals surface area contributed by atoms with Gasteiger partial charge in [-0.25, -0.2) is 9.78 Å². The summed E-state index contributed by atoms with van der Waals surface area (Å²) < 4.78 is 11.5. The summed E-state index contributed by atoms with van der Waals surface area (Å²) >= 11 is 0. The van der Waals surface area contributed by atoms with Gasteiger partial charge < -0.3 is 14.5 Å². The number of nitrogens with zero attached hydrogens (tertiary/aromatic N) is 5. The summed E-state index contributed by atoms with van der Waals surface area (Å²) in [6.45, 7) is 12.2. The molecule has 13 heteroatoms. The molecular weight excluding hydrogens is 518 g/mol. The zero-order valence-electron chi connectivity index (χ0n) is 23.9. The van der Waals surface area contributed by atoms with Crippen molar-refractivity contribution in [2.45, 2.75) is 71.9 Å². The third-order valence-electron chi connectivity index (χ3n) is 6.18. The van der Waals surface area contributed by atoms with Crippen molar-refractivity contribution in [1.29, 1.82) is 0 Å². The standard InChI is InChI=1S/C27H35N7O6/c1-15(2)19(20(36)21-32-33-24(40-21)27(6,7)17-11-9-10-12-28-17)31-18(35)14-34-22(37)16(30-25(38)39-8)13-29-23(34)26(3,4)5/h9-13,15,19H,14H2,1-8H3,(H,30,38)(H,31,35)/t19-/m0/s1. The number of ether oxygens (including phenoxy) is 1. The van der Waals surface area contributed by atoms with Gasteiger partial charge >= 0.3 is 6.09 Å². The highest BCUT2D eigenvalue weighted by Gasteiger charge is 2.35. The summed E-state index contributed by atoms with van der Waals surface area (Å²) in [5, 5.41) is 13.0. The van der Waals surface area contributed by atoms with Crippen molar-refractivity contribution in [3.8, 4) is 0 Å². The van der Waals surface area contributed by atoms with E-state index in [-0.39, 0.29) is 23.4 Å². The van der Waals surface area contributed by atoms with Crippen LogP contribution in [0.1, 0.15) is 76.6 Å². The highest BCUT2D eigenvalue weighted by molar-refractivity contribution is 5.98. The molecular formula is C27H35N7O6. The Labute approximate surface area is 231 Å². The quantitative estimate of drug-likeness (QED) is 0.375. The van der Waals surface area contributed by atoms with Crippen molar-refractivity contribution in [1.82, 2.24) is 30.0 Å². The molecule has 0 bridgehead atoms. The summed E-state index contributed by atoms with van der Waals surface area (Å²) in [5.74, 6) is -1.28. The van der Waals surface area contributed by atoms with Gasteiger partial charge in [-0.1, -0.05) is 40.7 Å². The Kier molecular flexibility index (Phi) is 8.86. The number of nitrogens with one attached hydrogen (secondary N) is 2. The number of methoxy groups -OCH3 is 1. The molecule has 214 valence electrons. The van der Waals surface area contributed by atoms with E-state index in [1.165, 1.54) is 6.20 Å². The van der Waals surface area contributed by atoms with E-state index < -0.39 is 46.8 Å². The Morgan fingerprint density at radius 2 is 1.77 bits per heavy atom. The van der Waals surface area contributed by atoms with Crippen molar-refractivity contribution in [2.75, 3.05) is 12.4 Å². The lowest BCUT2D eigenvalue weighted by Gasteiger charge is -2.24. The second-order valence-corrected chi connectivity index (χ2v) is 11.2. The van der Waals surface area contributed by atoms with Gasteiger partial charge in [0.25, 0.3) is 11.4 Å². The molecule has 13 nitrogen and oxygen atoms in total. The number of aromatic nitrogens is 5. The van der Waals surface area contributed by atoms with Crippen LogP contribution < -0.4 is 16.2 Å². The largest absolute Gasteiger partial charge is 0.453 e. The molecule has 3 aromatic rings. The first-order valence-corrected chi connectivity index (χ1v) is 12.7. The Hall–Kier alpha value is -4.42. The Balaban J connectivity index is 1.86. The number of ketones is 1. The lowest BCUT2D eigenvalue weighted by molar-refractivity contribution is -0.122. The maximum absolute atomic E-state index is 13.4. The smallest absolute Gasteiger partial charge is 0.411 e. The maximum atomic E-state index is 13.4. The molecule has 0 aliphatic rings. The summed E-state index contributed by atoms with van der Waals surface area (Å²) in [6.07, 6.45) is 2.01. The topological polar surface area (TPSA) is 171 Å². The van der Waals surface area contributed by atoms with Crippen molar-refractivity contribution >= 4 is 23.5 Å². The minimum Gasteiger partial charge on any atom is -0.453 e. The van der Waals surface area contributed by atoms with Crippen molar-refractivity contribution in [3.05, 3.63) is 64.2 Å². The fourth-order valence-electron chi connectivity index (χ4n) is 3.93. The molecule has 0 aliphatic carbocycles. The first kappa shape index (κ1) is 30.1. The van der Waals surface area contributed by atoms with Gasteiger partial charge in [-0.05, 0) is 31.9 Å². The molecule has 0 saturated carbocycles. The fourth-order valence-corrected chi connectivity index (χ4v) is 3.93. The van der Waals surface area contributed by atoms with Crippen LogP contribution in [-0.4, -0.2) is 55.7 Å².